The number of nitrogens with zero attached hydrogens (tertiary/aromatic N) is 1. The van der Waals surface area contributed by atoms with Crippen molar-refractivity contribution < 1.29 is 18.0 Å². The van der Waals surface area contributed by atoms with Crippen LogP contribution >= 0.6 is 12.4 Å². The van der Waals surface area contributed by atoms with Gasteiger partial charge in [-0.3, -0.25) is 9.69 Å². The quantitative estimate of drug-likeness (QED) is 0.781. The van der Waals surface area contributed by atoms with E-state index in [1.807, 2.05) is 0 Å². The van der Waals surface area contributed by atoms with Gasteiger partial charge in [0.1, 0.15) is 0 Å². The number of carbonyl (C=O) groups is 1. The smallest absolute Gasteiger partial charge is 0.353 e. The normalized spacial score (nSPS) is 22.7. The summed E-state index contributed by atoms with van der Waals surface area (Å²) in [6.45, 7) is 0.438. The zero-order chi connectivity index (χ0) is 16.9. The molecule has 1 aliphatic carbocycles. The largest absolute Gasteiger partial charge is 0.401 e. The van der Waals surface area contributed by atoms with Gasteiger partial charge in [0.25, 0.3) is 0 Å². The number of rotatable bonds is 5. The van der Waals surface area contributed by atoms with Crippen molar-refractivity contribution in [1.82, 2.24) is 10.2 Å². The number of hydrogen-bond donors (Lipinski definition) is 2. The van der Waals surface area contributed by atoms with Gasteiger partial charge in [-0.15, -0.1) is 12.4 Å². The van der Waals surface area contributed by atoms with Crippen LogP contribution in [-0.4, -0.2) is 49.2 Å². The van der Waals surface area contributed by atoms with E-state index in [1.54, 1.807) is 0 Å². The molecule has 0 bridgehead atoms. The third kappa shape index (κ3) is 6.76. The molecule has 8 heteroatoms. The summed E-state index contributed by atoms with van der Waals surface area (Å²) in [6.07, 6.45) is 2.93. The molecule has 0 radical (unpaired) electrons. The van der Waals surface area contributed by atoms with E-state index in [9.17, 15) is 18.0 Å². The molecule has 1 heterocycles. The predicted molar refractivity (Wildman–Crippen MR) is 90.1 cm³/mol. The Morgan fingerprint density at radius 1 is 1.17 bits per heavy atom. The number of nitrogens with one attached hydrogen (secondary N) is 1. The summed E-state index contributed by atoms with van der Waals surface area (Å²) in [5.74, 6) is 0.00613. The first-order valence-corrected chi connectivity index (χ1v) is 8.60. The zero-order valence-corrected chi connectivity index (χ0v) is 14.9. The van der Waals surface area contributed by atoms with Crippen LogP contribution in [-0.2, 0) is 4.79 Å². The number of hydrogen-bond acceptors (Lipinski definition) is 3. The van der Waals surface area contributed by atoms with E-state index in [4.69, 9.17) is 5.73 Å². The highest BCUT2D eigenvalue weighted by molar-refractivity contribution is 5.85. The lowest BCUT2D eigenvalue weighted by Gasteiger charge is -2.37. The first kappa shape index (κ1) is 21.5. The Bertz CT molecular complexity index is 393. The summed E-state index contributed by atoms with van der Waals surface area (Å²) in [5.41, 5.74) is 5.83. The summed E-state index contributed by atoms with van der Waals surface area (Å²) >= 11 is 0. The van der Waals surface area contributed by atoms with Gasteiger partial charge in [-0.25, -0.2) is 0 Å². The van der Waals surface area contributed by atoms with Gasteiger partial charge in [0.2, 0.25) is 5.91 Å². The number of alkyl halides is 3. The van der Waals surface area contributed by atoms with Crippen molar-refractivity contribution in [1.29, 1.82) is 0 Å². The predicted octanol–water partition coefficient (Wildman–Crippen LogP) is 2.85. The van der Waals surface area contributed by atoms with Crippen molar-refractivity contribution in [2.24, 2.45) is 11.1 Å². The molecule has 1 saturated heterocycles. The first-order chi connectivity index (χ1) is 10.8. The Kier molecular flexibility index (Phi) is 8.29. The Balaban J connectivity index is 0.00000288. The Morgan fingerprint density at radius 3 is 2.25 bits per heavy atom. The third-order valence-corrected chi connectivity index (χ3v) is 5.24. The second kappa shape index (κ2) is 9.25. The molecule has 0 aromatic heterocycles. The second-order valence-electron chi connectivity index (χ2n) is 7.17. The minimum absolute atomic E-state index is 0. The minimum atomic E-state index is -4.15. The van der Waals surface area contributed by atoms with Gasteiger partial charge >= 0.3 is 6.18 Å². The van der Waals surface area contributed by atoms with Crippen molar-refractivity contribution in [3.63, 3.8) is 0 Å². The molecular weight excluding hydrogens is 343 g/mol. The number of amides is 1. The zero-order valence-electron chi connectivity index (χ0n) is 14.0. The first-order valence-electron chi connectivity index (χ1n) is 8.60. The van der Waals surface area contributed by atoms with Crippen molar-refractivity contribution in [3.05, 3.63) is 0 Å². The van der Waals surface area contributed by atoms with Crippen LogP contribution in [0.1, 0.15) is 51.4 Å². The number of carbonyl (C=O) groups excluding carboxylic acids is 1. The number of piperidine rings is 1. The fraction of sp³-hybridized carbons (Fsp3) is 0.938. The Hall–Kier alpha value is -0.530. The van der Waals surface area contributed by atoms with Crippen molar-refractivity contribution in [2.75, 3.05) is 26.2 Å². The van der Waals surface area contributed by atoms with E-state index in [0.29, 0.717) is 38.9 Å². The molecule has 4 nitrogen and oxygen atoms in total. The van der Waals surface area contributed by atoms with Gasteiger partial charge in [-0.2, -0.15) is 13.2 Å². The van der Waals surface area contributed by atoms with E-state index in [2.05, 4.69) is 5.32 Å². The van der Waals surface area contributed by atoms with E-state index in [0.717, 1.165) is 25.7 Å². The van der Waals surface area contributed by atoms with Gasteiger partial charge in [0.05, 0.1) is 6.54 Å². The minimum Gasteiger partial charge on any atom is -0.353 e. The van der Waals surface area contributed by atoms with Gasteiger partial charge in [0.15, 0.2) is 0 Å². The molecular formula is C16H29ClF3N3O. The second-order valence-corrected chi connectivity index (χ2v) is 7.17. The molecule has 24 heavy (non-hydrogen) atoms. The molecule has 0 aromatic carbocycles. The number of likely N-dealkylation sites (tertiary alicyclic amines) is 1. The maximum absolute atomic E-state index is 12.4. The van der Waals surface area contributed by atoms with Crippen LogP contribution < -0.4 is 11.1 Å². The summed E-state index contributed by atoms with van der Waals surface area (Å²) < 4.78 is 37.1. The Morgan fingerprint density at radius 2 is 1.75 bits per heavy atom. The summed E-state index contributed by atoms with van der Waals surface area (Å²) in [5, 5.41) is 3.01. The van der Waals surface area contributed by atoms with Gasteiger partial charge in [0, 0.05) is 25.6 Å². The lowest BCUT2D eigenvalue weighted by atomic mass is 9.71. The average Bonchev–Trinajstić information content (AvgIpc) is 2.48. The fourth-order valence-electron chi connectivity index (χ4n) is 3.86. The van der Waals surface area contributed by atoms with Crippen LogP contribution in [0.3, 0.4) is 0 Å². The molecule has 2 rings (SSSR count). The van der Waals surface area contributed by atoms with Crippen LogP contribution in [0.2, 0.25) is 0 Å². The van der Waals surface area contributed by atoms with E-state index >= 15 is 0 Å². The molecule has 1 amide bonds. The highest BCUT2D eigenvalue weighted by Crippen LogP contribution is 2.38. The highest BCUT2D eigenvalue weighted by Gasteiger charge is 2.35. The van der Waals surface area contributed by atoms with Crippen molar-refractivity contribution in [3.8, 4) is 0 Å². The SMILES string of the molecule is Cl.NCC1(CC(=O)NC2CCN(CC(F)(F)F)CC2)CCCCC1. The molecule has 2 fully saturated rings. The maximum Gasteiger partial charge on any atom is 0.401 e. The molecule has 2 aliphatic rings. The Labute approximate surface area is 148 Å². The molecule has 1 saturated carbocycles. The van der Waals surface area contributed by atoms with Crippen molar-refractivity contribution >= 4 is 18.3 Å². The lowest BCUT2D eigenvalue weighted by molar-refractivity contribution is -0.148. The van der Waals surface area contributed by atoms with Gasteiger partial charge < -0.3 is 11.1 Å². The molecule has 0 aromatic rings. The molecule has 142 valence electrons. The number of halogens is 4. The van der Waals surface area contributed by atoms with E-state index in [1.165, 1.54) is 11.3 Å². The molecule has 1 aliphatic heterocycles. The standard InChI is InChI=1S/C16H28F3N3O.ClH/c17-16(18,19)12-22-8-4-13(5-9-22)21-14(23)10-15(11-20)6-2-1-3-7-15;/h13H,1-12,20H2,(H,21,23);1H. The van der Waals surface area contributed by atoms with Crippen LogP contribution in [0.25, 0.3) is 0 Å². The highest BCUT2D eigenvalue weighted by atomic mass is 35.5. The van der Waals surface area contributed by atoms with E-state index in [-0.39, 0.29) is 29.8 Å². The molecule has 0 atom stereocenters. The summed E-state index contributed by atoms with van der Waals surface area (Å²) in [4.78, 5) is 13.7. The van der Waals surface area contributed by atoms with Crippen LogP contribution in [0.4, 0.5) is 13.2 Å². The fourth-order valence-corrected chi connectivity index (χ4v) is 3.86. The molecule has 0 unspecified atom stereocenters. The summed E-state index contributed by atoms with van der Waals surface area (Å²) in [7, 11) is 0. The number of nitrogens with two attached hydrogens (primary N) is 1. The maximum atomic E-state index is 12.4. The van der Waals surface area contributed by atoms with Gasteiger partial charge in [-0.05, 0) is 37.6 Å². The topological polar surface area (TPSA) is 58.4 Å². The molecule has 0 spiro atoms. The average molecular weight is 372 g/mol. The van der Waals surface area contributed by atoms with Crippen LogP contribution in [0.15, 0.2) is 0 Å². The molecule has 3 N–H and O–H groups in total. The third-order valence-electron chi connectivity index (χ3n) is 5.24. The van der Waals surface area contributed by atoms with Crippen LogP contribution in [0.5, 0.6) is 0 Å². The summed E-state index contributed by atoms with van der Waals surface area (Å²) in [6, 6.07) is -0.00889. The van der Waals surface area contributed by atoms with Crippen LogP contribution in [0, 0.1) is 5.41 Å². The van der Waals surface area contributed by atoms with E-state index < -0.39 is 12.7 Å². The van der Waals surface area contributed by atoms with Gasteiger partial charge in [-0.1, -0.05) is 19.3 Å². The monoisotopic (exact) mass is 371 g/mol. The lowest BCUT2D eigenvalue weighted by Crippen LogP contribution is -2.48. The van der Waals surface area contributed by atoms with Crippen molar-refractivity contribution in [2.45, 2.75) is 63.6 Å².